The molecule has 20 heavy (non-hydrogen) atoms. The maximum Gasteiger partial charge on any atom is 0.167 e. The van der Waals surface area contributed by atoms with Gasteiger partial charge in [-0.3, -0.25) is 4.79 Å². The monoisotopic (exact) mass is 352 g/mol. The van der Waals surface area contributed by atoms with Crippen LogP contribution in [0.4, 0.5) is 4.39 Å². The topological polar surface area (TPSA) is 17.1 Å². The van der Waals surface area contributed by atoms with Crippen LogP contribution in [-0.4, -0.2) is 11.5 Å². The van der Waals surface area contributed by atoms with Gasteiger partial charge in [-0.25, -0.2) is 4.39 Å². The van der Waals surface area contributed by atoms with Gasteiger partial charge in [0.2, 0.25) is 0 Å². The summed E-state index contributed by atoms with van der Waals surface area (Å²) in [6.07, 6.45) is 0.193. The average molecular weight is 353 g/mol. The fourth-order valence-electron chi connectivity index (χ4n) is 1.86. The summed E-state index contributed by atoms with van der Waals surface area (Å²) in [6, 6.07) is 12.3. The molecule has 0 saturated heterocycles. The lowest BCUT2D eigenvalue weighted by atomic mass is 10.0. The molecule has 0 aromatic heterocycles. The molecule has 0 spiro atoms. The molecular weight excluding hydrogens is 339 g/mol. The summed E-state index contributed by atoms with van der Waals surface area (Å²) in [6.45, 7) is 2.09. The van der Waals surface area contributed by atoms with E-state index in [0.717, 1.165) is 10.6 Å². The van der Waals surface area contributed by atoms with Gasteiger partial charge in [-0.2, -0.15) is 0 Å². The number of thioether (sulfide) groups is 1. The molecule has 2 aromatic rings. The van der Waals surface area contributed by atoms with E-state index in [1.807, 2.05) is 24.3 Å². The quantitative estimate of drug-likeness (QED) is 0.548. The van der Waals surface area contributed by atoms with Crippen molar-refractivity contribution < 1.29 is 9.18 Å². The van der Waals surface area contributed by atoms with Crippen LogP contribution in [0.5, 0.6) is 0 Å². The molecule has 0 aliphatic heterocycles. The highest BCUT2D eigenvalue weighted by Crippen LogP contribution is 2.23. The Morgan fingerprint density at radius 3 is 2.55 bits per heavy atom. The van der Waals surface area contributed by atoms with Crippen LogP contribution in [0.2, 0.25) is 0 Å². The van der Waals surface area contributed by atoms with Crippen molar-refractivity contribution >= 4 is 33.5 Å². The van der Waals surface area contributed by atoms with Crippen molar-refractivity contribution in [1.29, 1.82) is 0 Å². The Labute approximate surface area is 130 Å². The van der Waals surface area contributed by atoms with E-state index in [9.17, 15) is 9.18 Å². The van der Waals surface area contributed by atoms with Crippen LogP contribution in [0.15, 0.2) is 51.8 Å². The highest BCUT2D eigenvalue weighted by molar-refractivity contribution is 9.10. The summed E-state index contributed by atoms with van der Waals surface area (Å²) >= 11 is 4.92. The van der Waals surface area contributed by atoms with Crippen molar-refractivity contribution in [2.24, 2.45) is 0 Å². The second kappa shape index (κ2) is 7.04. The number of benzene rings is 2. The van der Waals surface area contributed by atoms with Crippen molar-refractivity contribution in [3.8, 4) is 0 Å². The van der Waals surface area contributed by atoms with Crippen LogP contribution in [0.1, 0.15) is 22.8 Å². The van der Waals surface area contributed by atoms with Gasteiger partial charge < -0.3 is 0 Å². The third kappa shape index (κ3) is 3.70. The van der Waals surface area contributed by atoms with Gasteiger partial charge in [0.25, 0.3) is 0 Å². The predicted molar refractivity (Wildman–Crippen MR) is 85.0 cm³/mol. The van der Waals surface area contributed by atoms with Crippen molar-refractivity contribution in [2.75, 3.05) is 5.75 Å². The van der Waals surface area contributed by atoms with Gasteiger partial charge in [0.05, 0.1) is 4.47 Å². The zero-order valence-electron chi connectivity index (χ0n) is 11.0. The highest BCUT2D eigenvalue weighted by atomic mass is 79.9. The molecule has 0 heterocycles. The molecule has 104 valence electrons. The highest BCUT2D eigenvalue weighted by Gasteiger charge is 2.11. The Hall–Kier alpha value is -1.13. The Kier molecular flexibility index (Phi) is 5.38. The molecular formula is C16H14BrFOS. The van der Waals surface area contributed by atoms with Crippen molar-refractivity contribution in [1.82, 2.24) is 0 Å². The van der Waals surface area contributed by atoms with E-state index in [2.05, 4.69) is 22.9 Å². The predicted octanol–water partition coefficient (Wildman–Crippen LogP) is 5.13. The molecule has 0 aliphatic rings. The summed E-state index contributed by atoms with van der Waals surface area (Å²) in [5.74, 6) is 0.651. The number of carbonyl (C=O) groups is 1. The third-order valence-electron chi connectivity index (χ3n) is 2.87. The van der Waals surface area contributed by atoms with Crippen LogP contribution < -0.4 is 0 Å². The Morgan fingerprint density at radius 2 is 1.90 bits per heavy atom. The summed E-state index contributed by atoms with van der Waals surface area (Å²) in [5, 5.41) is 0. The van der Waals surface area contributed by atoms with E-state index in [1.54, 1.807) is 23.9 Å². The first-order chi connectivity index (χ1) is 9.61. The van der Waals surface area contributed by atoms with E-state index in [-0.39, 0.29) is 18.0 Å². The van der Waals surface area contributed by atoms with Gasteiger partial charge in [0.1, 0.15) is 5.82 Å². The molecule has 0 saturated carbocycles. The number of ketones is 1. The third-order valence-corrected chi connectivity index (χ3v) is 4.65. The number of hydrogen-bond acceptors (Lipinski definition) is 2. The largest absolute Gasteiger partial charge is 0.294 e. The Morgan fingerprint density at radius 1 is 1.20 bits per heavy atom. The maximum absolute atomic E-state index is 13.4. The van der Waals surface area contributed by atoms with Crippen LogP contribution in [0, 0.1) is 5.82 Å². The van der Waals surface area contributed by atoms with E-state index in [0.29, 0.717) is 15.6 Å². The summed E-state index contributed by atoms with van der Waals surface area (Å²) in [5.41, 5.74) is 1.32. The minimum absolute atomic E-state index is 0.00986. The van der Waals surface area contributed by atoms with Crippen LogP contribution in [-0.2, 0) is 6.42 Å². The number of hydrogen-bond donors (Lipinski definition) is 0. The first-order valence-electron chi connectivity index (χ1n) is 6.30. The SMILES string of the molecule is CCSc1ccc(C(=O)Cc2cccc(F)c2Br)cc1. The van der Waals surface area contributed by atoms with Crippen molar-refractivity contribution in [2.45, 2.75) is 18.2 Å². The maximum atomic E-state index is 13.4. The lowest BCUT2D eigenvalue weighted by Gasteiger charge is -2.06. The fourth-order valence-corrected chi connectivity index (χ4v) is 2.93. The smallest absolute Gasteiger partial charge is 0.167 e. The molecule has 0 fully saturated rings. The van der Waals surface area contributed by atoms with Gasteiger partial charge in [0, 0.05) is 16.9 Å². The second-order valence-electron chi connectivity index (χ2n) is 4.27. The molecule has 2 rings (SSSR count). The molecule has 1 nitrogen and oxygen atoms in total. The van der Waals surface area contributed by atoms with Crippen molar-refractivity contribution in [3.63, 3.8) is 0 Å². The van der Waals surface area contributed by atoms with E-state index in [4.69, 9.17) is 0 Å². The van der Waals surface area contributed by atoms with Gasteiger partial charge in [-0.05, 0) is 45.4 Å². The Bertz CT molecular complexity index is 610. The molecule has 0 N–H and O–H groups in total. The minimum atomic E-state index is -0.343. The van der Waals surface area contributed by atoms with Gasteiger partial charge in [-0.1, -0.05) is 31.2 Å². The number of halogens is 2. The van der Waals surface area contributed by atoms with Crippen LogP contribution in [0.25, 0.3) is 0 Å². The fraction of sp³-hybridized carbons (Fsp3) is 0.188. The van der Waals surface area contributed by atoms with Gasteiger partial charge in [0.15, 0.2) is 5.78 Å². The Balaban J connectivity index is 2.13. The lowest BCUT2D eigenvalue weighted by Crippen LogP contribution is -2.04. The average Bonchev–Trinajstić information content (AvgIpc) is 2.45. The van der Waals surface area contributed by atoms with Gasteiger partial charge >= 0.3 is 0 Å². The van der Waals surface area contributed by atoms with E-state index >= 15 is 0 Å². The lowest BCUT2D eigenvalue weighted by molar-refractivity contribution is 0.0992. The van der Waals surface area contributed by atoms with Crippen LogP contribution >= 0.6 is 27.7 Å². The first kappa shape index (κ1) is 15.3. The van der Waals surface area contributed by atoms with E-state index < -0.39 is 0 Å². The molecule has 0 radical (unpaired) electrons. The summed E-state index contributed by atoms with van der Waals surface area (Å²) < 4.78 is 13.8. The first-order valence-corrected chi connectivity index (χ1v) is 8.08. The molecule has 0 atom stereocenters. The molecule has 0 bridgehead atoms. The molecule has 0 amide bonds. The minimum Gasteiger partial charge on any atom is -0.294 e. The van der Waals surface area contributed by atoms with Crippen molar-refractivity contribution in [3.05, 3.63) is 63.9 Å². The number of carbonyl (C=O) groups excluding carboxylic acids is 1. The van der Waals surface area contributed by atoms with E-state index in [1.165, 1.54) is 6.07 Å². The second-order valence-corrected chi connectivity index (χ2v) is 6.40. The summed E-state index contributed by atoms with van der Waals surface area (Å²) in [4.78, 5) is 13.3. The summed E-state index contributed by atoms with van der Waals surface area (Å²) in [7, 11) is 0. The normalized spacial score (nSPS) is 10.6. The zero-order valence-corrected chi connectivity index (χ0v) is 13.4. The standard InChI is InChI=1S/C16H14BrFOS/c1-2-20-13-8-6-11(7-9-13)15(19)10-12-4-3-5-14(18)16(12)17/h3-9H,2,10H2,1H3. The zero-order chi connectivity index (χ0) is 14.5. The van der Waals surface area contributed by atoms with Gasteiger partial charge in [-0.15, -0.1) is 11.8 Å². The number of Topliss-reactive ketones (excluding diaryl/α,β-unsaturated/α-hetero) is 1. The number of rotatable bonds is 5. The molecule has 0 unspecified atom stereocenters. The molecule has 4 heteroatoms. The molecule has 2 aromatic carbocycles. The molecule has 0 aliphatic carbocycles. The van der Waals surface area contributed by atoms with Crippen LogP contribution in [0.3, 0.4) is 0 Å².